The average Bonchev–Trinajstić information content (AvgIpc) is 1.93. The molecule has 0 aliphatic heterocycles. The summed E-state index contributed by atoms with van der Waals surface area (Å²) >= 11 is 0. The molecule has 0 saturated heterocycles. The van der Waals surface area contributed by atoms with Crippen molar-refractivity contribution >= 4 is 5.71 Å². The first kappa shape index (κ1) is 11.9. The summed E-state index contributed by atoms with van der Waals surface area (Å²) in [6.45, 7) is 11.4. The Balaban J connectivity index is 0. The van der Waals surface area contributed by atoms with Gasteiger partial charge in [-0.3, -0.25) is 0 Å². The largest absolute Gasteiger partial charge is 0.399 e. The van der Waals surface area contributed by atoms with Gasteiger partial charge in [-0.1, -0.05) is 25.6 Å². The van der Waals surface area contributed by atoms with Crippen LogP contribution in [-0.2, 0) is 4.84 Å². The van der Waals surface area contributed by atoms with Crippen LogP contribution in [0.5, 0.6) is 0 Å². The Hall–Kier alpha value is -0.790. The topological polar surface area (TPSA) is 21.6 Å². The van der Waals surface area contributed by atoms with E-state index in [0.717, 1.165) is 11.3 Å². The predicted molar refractivity (Wildman–Crippen MR) is 46.3 cm³/mol. The average molecular weight is 143 g/mol. The standard InChI is InChI=1S/C6H11NO.C2H6/c1-5(2)6(3)7-8-4;1-2/h1H2,2-4H3;1-2H3/b7-6-;. The third kappa shape index (κ3) is 7.21. The first-order valence-corrected chi connectivity index (χ1v) is 3.42. The van der Waals surface area contributed by atoms with Crippen molar-refractivity contribution in [1.82, 2.24) is 0 Å². The van der Waals surface area contributed by atoms with E-state index < -0.39 is 0 Å². The van der Waals surface area contributed by atoms with Crippen LogP contribution in [0, 0.1) is 0 Å². The number of allylic oxidation sites excluding steroid dienone is 1. The molecule has 0 fully saturated rings. The number of hydrogen-bond donors (Lipinski definition) is 0. The molecular weight excluding hydrogens is 126 g/mol. The zero-order valence-corrected chi connectivity index (χ0v) is 7.56. The van der Waals surface area contributed by atoms with E-state index in [1.807, 2.05) is 27.7 Å². The molecule has 0 heterocycles. The summed E-state index contributed by atoms with van der Waals surface area (Å²) in [5.74, 6) is 0. The Kier molecular flexibility index (Phi) is 9.80. The van der Waals surface area contributed by atoms with Gasteiger partial charge in [-0.2, -0.15) is 0 Å². The van der Waals surface area contributed by atoms with Crippen molar-refractivity contribution in [3.05, 3.63) is 12.2 Å². The Morgan fingerprint density at radius 1 is 1.30 bits per heavy atom. The lowest BCUT2D eigenvalue weighted by molar-refractivity contribution is 0.213. The molecule has 0 bridgehead atoms. The highest BCUT2D eigenvalue weighted by Crippen LogP contribution is 1.90. The van der Waals surface area contributed by atoms with Gasteiger partial charge in [0.05, 0.1) is 5.71 Å². The maximum Gasteiger partial charge on any atom is 0.106 e. The van der Waals surface area contributed by atoms with Crippen LogP contribution < -0.4 is 0 Å². The quantitative estimate of drug-likeness (QED) is 0.430. The zero-order chi connectivity index (χ0) is 8.57. The van der Waals surface area contributed by atoms with Crippen molar-refractivity contribution in [2.75, 3.05) is 7.11 Å². The Morgan fingerprint density at radius 3 is 1.80 bits per heavy atom. The minimum absolute atomic E-state index is 0.840. The first-order chi connectivity index (χ1) is 4.68. The van der Waals surface area contributed by atoms with Gasteiger partial charge in [-0.15, -0.1) is 0 Å². The SMILES string of the molecule is C=C(C)/C(C)=N\OC.CC. The monoisotopic (exact) mass is 143 g/mol. The van der Waals surface area contributed by atoms with Gasteiger partial charge in [0.15, 0.2) is 0 Å². The number of oxime groups is 1. The summed E-state index contributed by atoms with van der Waals surface area (Å²) in [4.78, 5) is 4.49. The Bertz CT molecular complexity index is 116. The molecule has 0 unspecified atom stereocenters. The molecule has 0 aromatic heterocycles. The van der Waals surface area contributed by atoms with Gasteiger partial charge in [0, 0.05) is 0 Å². The van der Waals surface area contributed by atoms with Gasteiger partial charge in [0.25, 0.3) is 0 Å². The highest BCUT2D eigenvalue weighted by Gasteiger charge is 1.87. The molecule has 0 aromatic rings. The van der Waals surface area contributed by atoms with Crippen LogP contribution in [0.15, 0.2) is 17.3 Å². The van der Waals surface area contributed by atoms with Crippen molar-refractivity contribution < 1.29 is 4.84 Å². The fourth-order valence-corrected chi connectivity index (χ4v) is 0.215. The van der Waals surface area contributed by atoms with Gasteiger partial charge in [0.2, 0.25) is 0 Å². The van der Waals surface area contributed by atoms with Gasteiger partial charge in [-0.05, 0) is 19.4 Å². The smallest absolute Gasteiger partial charge is 0.106 e. The molecule has 10 heavy (non-hydrogen) atoms. The second-order valence-corrected chi connectivity index (χ2v) is 1.64. The lowest BCUT2D eigenvalue weighted by atomic mass is 10.2. The molecule has 2 nitrogen and oxygen atoms in total. The molecule has 0 N–H and O–H groups in total. The van der Waals surface area contributed by atoms with Gasteiger partial charge < -0.3 is 4.84 Å². The minimum Gasteiger partial charge on any atom is -0.399 e. The fraction of sp³-hybridized carbons (Fsp3) is 0.625. The number of nitrogens with zero attached hydrogens (tertiary/aromatic N) is 1. The molecule has 0 spiro atoms. The van der Waals surface area contributed by atoms with Crippen LogP contribution in [0.2, 0.25) is 0 Å². The second-order valence-electron chi connectivity index (χ2n) is 1.64. The Morgan fingerprint density at radius 2 is 1.70 bits per heavy atom. The molecule has 0 atom stereocenters. The normalized spacial score (nSPS) is 9.50. The van der Waals surface area contributed by atoms with Crippen molar-refractivity contribution in [3.63, 3.8) is 0 Å². The maximum absolute atomic E-state index is 4.49. The first-order valence-electron chi connectivity index (χ1n) is 3.42. The van der Waals surface area contributed by atoms with Crippen molar-refractivity contribution in [1.29, 1.82) is 0 Å². The van der Waals surface area contributed by atoms with Gasteiger partial charge >= 0.3 is 0 Å². The van der Waals surface area contributed by atoms with Gasteiger partial charge in [0.1, 0.15) is 7.11 Å². The van der Waals surface area contributed by atoms with Crippen LogP contribution in [-0.4, -0.2) is 12.8 Å². The minimum atomic E-state index is 0.840. The zero-order valence-electron chi connectivity index (χ0n) is 7.56. The summed E-state index contributed by atoms with van der Waals surface area (Å²) in [6, 6.07) is 0. The maximum atomic E-state index is 4.49. The summed E-state index contributed by atoms with van der Waals surface area (Å²) in [5, 5.41) is 3.64. The molecular formula is C8H17NO. The van der Waals surface area contributed by atoms with E-state index >= 15 is 0 Å². The highest BCUT2D eigenvalue weighted by molar-refractivity contribution is 5.96. The van der Waals surface area contributed by atoms with Crippen molar-refractivity contribution in [2.24, 2.45) is 5.16 Å². The summed E-state index contributed by atoms with van der Waals surface area (Å²) < 4.78 is 0. The Labute approximate surface area is 63.6 Å². The van der Waals surface area contributed by atoms with E-state index in [1.54, 1.807) is 0 Å². The fourth-order valence-electron chi connectivity index (χ4n) is 0.215. The van der Waals surface area contributed by atoms with E-state index in [9.17, 15) is 0 Å². The molecule has 0 radical (unpaired) electrons. The van der Waals surface area contributed by atoms with Crippen LogP contribution in [0.25, 0.3) is 0 Å². The van der Waals surface area contributed by atoms with Crippen LogP contribution in [0.3, 0.4) is 0 Å². The van der Waals surface area contributed by atoms with E-state index in [-0.39, 0.29) is 0 Å². The molecule has 0 aliphatic rings. The molecule has 0 saturated carbocycles. The molecule has 0 amide bonds. The number of rotatable bonds is 2. The predicted octanol–water partition coefficient (Wildman–Crippen LogP) is 2.61. The van der Waals surface area contributed by atoms with Crippen LogP contribution in [0.4, 0.5) is 0 Å². The van der Waals surface area contributed by atoms with E-state index in [1.165, 1.54) is 7.11 Å². The second kappa shape index (κ2) is 8.21. The molecule has 60 valence electrons. The summed E-state index contributed by atoms with van der Waals surface area (Å²) in [6.07, 6.45) is 0. The molecule has 0 rings (SSSR count). The number of hydrogen-bond acceptors (Lipinski definition) is 2. The van der Waals surface area contributed by atoms with Crippen LogP contribution >= 0.6 is 0 Å². The van der Waals surface area contributed by atoms with E-state index in [2.05, 4.69) is 16.6 Å². The molecule has 0 aromatic carbocycles. The van der Waals surface area contributed by atoms with Gasteiger partial charge in [-0.25, -0.2) is 0 Å². The summed E-state index contributed by atoms with van der Waals surface area (Å²) in [7, 11) is 1.52. The highest BCUT2D eigenvalue weighted by atomic mass is 16.6. The van der Waals surface area contributed by atoms with E-state index in [4.69, 9.17) is 0 Å². The molecule has 2 heteroatoms. The van der Waals surface area contributed by atoms with Crippen molar-refractivity contribution in [3.8, 4) is 0 Å². The third-order valence-electron chi connectivity index (χ3n) is 0.846. The third-order valence-corrected chi connectivity index (χ3v) is 0.846. The molecule has 0 aliphatic carbocycles. The lowest BCUT2D eigenvalue weighted by Gasteiger charge is -1.93. The van der Waals surface area contributed by atoms with Crippen LogP contribution in [0.1, 0.15) is 27.7 Å². The lowest BCUT2D eigenvalue weighted by Crippen LogP contribution is -1.90. The van der Waals surface area contributed by atoms with Crippen molar-refractivity contribution in [2.45, 2.75) is 27.7 Å². The summed E-state index contributed by atoms with van der Waals surface area (Å²) in [5.41, 5.74) is 1.78. The van der Waals surface area contributed by atoms with E-state index in [0.29, 0.717) is 0 Å².